The van der Waals surface area contributed by atoms with E-state index in [2.05, 4.69) is 0 Å². The molecule has 0 N–H and O–H groups in total. The van der Waals surface area contributed by atoms with Crippen molar-refractivity contribution < 1.29 is 13.9 Å². The first kappa shape index (κ1) is 11.6. The lowest BCUT2D eigenvalue weighted by Gasteiger charge is -1.94. The van der Waals surface area contributed by atoms with Crippen LogP contribution >= 0.6 is 0 Å². The number of esters is 1. The predicted octanol–water partition coefficient (Wildman–Crippen LogP) is 2.64. The molecule has 0 fully saturated rings. The molecular weight excluding hydrogens is 192 g/mol. The van der Waals surface area contributed by atoms with Gasteiger partial charge in [-0.3, -0.25) is 0 Å². The van der Waals surface area contributed by atoms with Crippen molar-refractivity contribution >= 4 is 5.97 Å². The molecule has 0 saturated carbocycles. The van der Waals surface area contributed by atoms with Gasteiger partial charge < -0.3 is 9.15 Å². The summed E-state index contributed by atoms with van der Waals surface area (Å²) in [5.41, 5.74) is 0. The minimum atomic E-state index is -0.284. The fraction of sp³-hybridized carbons (Fsp3) is 0.417. The smallest absolute Gasteiger partial charge is 0.330 e. The van der Waals surface area contributed by atoms with Crippen molar-refractivity contribution in [1.82, 2.24) is 0 Å². The topological polar surface area (TPSA) is 39.4 Å². The van der Waals surface area contributed by atoms with Crippen molar-refractivity contribution in [2.24, 2.45) is 0 Å². The van der Waals surface area contributed by atoms with E-state index in [4.69, 9.17) is 9.15 Å². The molecular formula is C12H16O3. The largest absolute Gasteiger partial charge is 0.466 e. The van der Waals surface area contributed by atoms with E-state index >= 15 is 0 Å². The number of allylic oxidation sites excluding steroid dienone is 1. The average Bonchev–Trinajstić information content (AvgIpc) is 2.60. The number of furan rings is 1. The number of rotatable bonds is 5. The second-order valence-corrected chi connectivity index (χ2v) is 3.21. The zero-order valence-electron chi connectivity index (χ0n) is 9.16. The normalized spacial score (nSPS) is 10.8. The monoisotopic (exact) mass is 208 g/mol. The van der Waals surface area contributed by atoms with Gasteiger partial charge >= 0.3 is 5.97 Å². The Hall–Kier alpha value is -1.51. The first-order chi connectivity index (χ1) is 7.22. The molecule has 15 heavy (non-hydrogen) atoms. The standard InChI is InChI=1S/C12H16O3/c1-3-14-12(13)7-5-4-6-11-9-8-10(2)15-11/h5,7-9H,3-4,6H2,1-2H3. The molecule has 1 rings (SSSR count). The zero-order valence-corrected chi connectivity index (χ0v) is 9.16. The van der Waals surface area contributed by atoms with Gasteiger partial charge in [0, 0.05) is 12.5 Å². The second kappa shape index (κ2) is 6.06. The van der Waals surface area contributed by atoms with Gasteiger partial charge in [-0.1, -0.05) is 6.08 Å². The molecule has 0 aromatic carbocycles. The van der Waals surface area contributed by atoms with Crippen LogP contribution in [-0.2, 0) is 16.0 Å². The fourth-order valence-electron chi connectivity index (χ4n) is 1.22. The van der Waals surface area contributed by atoms with E-state index in [9.17, 15) is 4.79 Å². The van der Waals surface area contributed by atoms with E-state index in [-0.39, 0.29) is 5.97 Å². The van der Waals surface area contributed by atoms with Crippen LogP contribution in [0.5, 0.6) is 0 Å². The van der Waals surface area contributed by atoms with Gasteiger partial charge in [0.25, 0.3) is 0 Å². The van der Waals surface area contributed by atoms with E-state index in [1.165, 1.54) is 6.08 Å². The van der Waals surface area contributed by atoms with Crippen LogP contribution in [0.25, 0.3) is 0 Å². The molecule has 0 aliphatic rings. The highest BCUT2D eigenvalue weighted by atomic mass is 16.5. The Morgan fingerprint density at radius 3 is 2.93 bits per heavy atom. The van der Waals surface area contributed by atoms with Gasteiger partial charge in [0.15, 0.2) is 0 Å². The van der Waals surface area contributed by atoms with Crippen LogP contribution < -0.4 is 0 Å². The summed E-state index contributed by atoms with van der Waals surface area (Å²) in [7, 11) is 0. The highest BCUT2D eigenvalue weighted by Crippen LogP contribution is 2.08. The lowest BCUT2D eigenvalue weighted by Crippen LogP contribution is -1.98. The van der Waals surface area contributed by atoms with Crippen LogP contribution in [0, 0.1) is 6.92 Å². The number of hydrogen-bond donors (Lipinski definition) is 0. The van der Waals surface area contributed by atoms with Crippen LogP contribution in [0.15, 0.2) is 28.7 Å². The molecule has 0 aliphatic heterocycles. The van der Waals surface area contributed by atoms with Gasteiger partial charge in [0.05, 0.1) is 6.61 Å². The maximum Gasteiger partial charge on any atom is 0.330 e. The Balaban J connectivity index is 2.24. The number of carbonyl (C=O) groups is 1. The molecule has 0 aliphatic carbocycles. The number of ether oxygens (including phenoxy) is 1. The summed E-state index contributed by atoms with van der Waals surface area (Å²) in [4.78, 5) is 10.9. The molecule has 1 heterocycles. The third-order valence-electron chi connectivity index (χ3n) is 1.89. The number of carbonyl (C=O) groups excluding carboxylic acids is 1. The van der Waals surface area contributed by atoms with Crippen molar-refractivity contribution in [2.45, 2.75) is 26.7 Å². The van der Waals surface area contributed by atoms with Crippen molar-refractivity contribution in [3.63, 3.8) is 0 Å². The van der Waals surface area contributed by atoms with E-state index in [0.29, 0.717) is 6.61 Å². The highest BCUT2D eigenvalue weighted by molar-refractivity contribution is 5.81. The van der Waals surface area contributed by atoms with Gasteiger partial charge in [-0.25, -0.2) is 4.79 Å². The minimum Gasteiger partial charge on any atom is -0.466 e. The summed E-state index contributed by atoms with van der Waals surface area (Å²) in [6.07, 6.45) is 4.85. The molecule has 3 nitrogen and oxygen atoms in total. The molecule has 0 amide bonds. The Morgan fingerprint density at radius 2 is 2.33 bits per heavy atom. The van der Waals surface area contributed by atoms with Gasteiger partial charge in [0.1, 0.15) is 11.5 Å². The van der Waals surface area contributed by atoms with Crippen molar-refractivity contribution in [3.8, 4) is 0 Å². The molecule has 0 unspecified atom stereocenters. The third-order valence-corrected chi connectivity index (χ3v) is 1.89. The van der Waals surface area contributed by atoms with E-state index in [1.54, 1.807) is 13.0 Å². The molecule has 1 aromatic rings. The van der Waals surface area contributed by atoms with Crippen molar-refractivity contribution in [3.05, 3.63) is 35.8 Å². The maximum absolute atomic E-state index is 10.9. The van der Waals surface area contributed by atoms with Gasteiger partial charge in [-0.2, -0.15) is 0 Å². The van der Waals surface area contributed by atoms with E-state index in [1.807, 2.05) is 19.1 Å². The number of aryl methyl sites for hydroxylation is 2. The molecule has 0 atom stereocenters. The molecule has 82 valence electrons. The highest BCUT2D eigenvalue weighted by Gasteiger charge is 1.97. The van der Waals surface area contributed by atoms with Crippen LogP contribution in [0.3, 0.4) is 0 Å². The van der Waals surface area contributed by atoms with Crippen LogP contribution in [0.2, 0.25) is 0 Å². The summed E-state index contributed by atoms with van der Waals surface area (Å²) < 4.78 is 10.1. The van der Waals surface area contributed by atoms with E-state index in [0.717, 1.165) is 24.4 Å². The van der Waals surface area contributed by atoms with Crippen LogP contribution in [0.1, 0.15) is 24.9 Å². The van der Waals surface area contributed by atoms with Crippen molar-refractivity contribution in [2.75, 3.05) is 6.61 Å². The van der Waals surface area contributed by atoms with Crippen LogP contribution in [0.4, 0.5) is 0 Å². The Labute approximate surface area is 89.7 Å². The summed E-state index contributed by atoms with van der Waals surface area (Å²) in [5.74, 6) is 1.58. The number of hydrogen-bond acceptors (Lipinski definition) is 3. The van der Waals surface area contributed by atoms with Crippen molar-refractivity contribution in [1.29, 1.82) is 0 Å². The lowest BCUT2D eigenvalue weighted by molar-refractivity contribution is -0.137. The summed E-state index contributed by atoms with van der Waals surface area (Å²) in [5, 5.41) is 0. The SMILES string of the molecule is CCOC(=O)C=CCCc1ccc(C)o1. The molecule has 0 spiro atoms. The summed E-state index contributed by atoms with van der Waals surface area (Å²) >= 11 is 0. The first-order valence-corrected chi connectivity index (χ1v) is 5.11. The predicted molar refractivity (Wildman–Crippen MR) is 57.5 cm³/mol. The third kappa shape index (κ3) is 4.49. The zero-order chi connectivity index (χ0) is 11.1. The quantitative estimate of drug-likeness (QED) is 0.551. The fourth-order valence-corrected chi connectivity index (χ4v) is 1.22. The summed E-state index contributed by atoms with van der Waals surface area (Å²) in [6.45, 7) is 4.12. The molecule has 0 radical (unpaired) electrons. The van der Waals surface area contributed by atoms with E-state index < -0.39 is 0 Å². The lowest BCUT2D eigenvalue weighted by atomic mass is 10.2. The Bertz CT molecular complexity index is 336. The minimum absolute atomic E-state index is 0.284. The summed E-state index contributed by atoms with van der Waals surface area (Å²) in [6, 6.07) is 3.89. The molecule has 0 bridgehead atoms. The molecule has 0 saturated heterocycles. The first-order valence-electron chi connectivity index (χ1n) is 5.11. The average molecular weight is 208 g/mol. The van der Waals surface area contributed by atoms with Gasteiger partial charge in [0.2, 0.25) is 0 Å². The Kier molecular flexibility index (Phi) is 4.68. The van der Waals surface area contributed by atoms with Crippen LogP contribution in [-0.4, -0.2) is 12.6 Å². The van der Waals surface area contributed by atoms with Gasteiger partial charge in [-0.15, -0.1) is 0 Å². The maximum atomic E-state index is 10.9. The Morgan fingerprint density at radius 1 is 1.53 bits per heavy atom. The molecule has 3 heteroatoms. The molecule has 1 aromatic heterocycles. The van der Waals surface area contributed by atoms with Gasteiger partial charge in [-0.05, 0) is 32.4 Å². The second-order valence-electron chi connectivity index (χ2n) is 3.21.